The molecule has 2 amide bonds. The number of carbonyl (C=O) groups is 2. The number of hydrazone groups is 1. The van der Waals surface area contributed by atoms with Crippen LogP contribution in [0.15, 0.2) is 71.8 Å². The van der Waals surface area contributed by atoms with Gasteiger partial charge in [0.15, 0.2) is 0 Å². The van der Waals surface area contributed by atoms with E-state index in [9.17, 15) is 9.59 Å². The Balaban J connectivity index is 1.38. The summed E-state index contributed by atoms with van der Waals surface area (Å²) >= 11 is 11.9. The van der Waals surface area contributed by atoms with Crippen LogP contribution in [0, 0.1) is 6.92 Å². The molecule has 33 heavy (non-hydrogen) atoms. The molecule has 6 nitrogen and oxygen atoms in total. The van der Waals surface area contributed by atoms with Gasteiger partial charge in [-0.25, -0.2) is 5.43 Å². The minimum Gasteiger partial charge on any atom is -0.489 e. The van der Waals surface area contributed by atoms with Gasteiger partial charge in [0, 0.05) is 28.6 Å². The molecule has 0 saturated heterocycles. The molecule has 2 N–H and O–H groups in total. The number of ether oxygens (including phenoxy) is 1. The van der Waals surface area contributed by atoms with E-state index in [-0.39, 0.29) is 24.7 Å². The Morgan fingerprint density at radius 2 is 1.64 bits per heavy atom. The number of carbonyl (C=O) groups excluding carboxylic acids is 2. The summed E-state index contributed by atoms with van der Waals surface area (Å²) in [7, 11) is 0. The van der Waals surface area contributed by atoms with Gasteiger partial charge in [-0.15, -0.1) is 0 Å². The number of benzene rings is 3. The minimum atomic E-state index is -0.355. The molecule has 0 unspecified atom stereocenters. The molecule has 0 aliphatic heterocycles. The number of rotatable bonds is 9. The molecular weight excluding hydrogens is 461 g/mol. The van der Waals surface area contributed by atoms with Crippen LogP contribution >= 0.6 is 23.2 Å². The molecule has 0 radical (unpaired) electrons. The smallest absolute Gasteiger partial charge is 0.240 e. The normalized spacial score (nSPS) is 10.8. The summed E-state index contributed by atoms with van der Waals surface area (Å²) in [5.74, 6) is 0.0847. The lowest BCUT2D eigenvalue weighted by molar-refractivity contribution is -0.124. The number of nitrogens with one attached hydrogen (secondary N) is 2. The fraction of sp³-hybridized carbons (Fsp3) is 0.160. The molecule has 0 heterocycles. The van der Waals surface area contributed by atoms with Gasteiger partial charge >= 0.3 is 0 Å². The van der Waals surface area contributed by atoms with Crippen LogP contribution in [0.4, 0.5) is 5.69 Å². The van der Waals surface area contributed by atoms with Gasteiger partial charge in [0.1, 0.15) is 12.4 Å². The number of anilines is 1. The topological polar surface area (TPSA) is 79.8 Å². The van der Waals surface area contributed by atoms with Crippen molar-refractivity contribution in [3.05, 3.63) is 93.5 Å². The summed E-state index contributed by atoms with van der Waals surface area (Å²) in [5, 5.41) is 7.90. The molecule has 0 aliphatic rings. The van der Waals surface area contributed by atoms with E-state index >= 15 is 0 Å². The summed E-state index contributed by atoms with van der Waals surface area (Å²) in [6, 6.07) is 20.0. The van der Waals surface area contributed by atoms with Crippen LogP contribution in [-0.2, 0) is 16.2 Å². The van der Waals surface area contributed by atoms with E-state index in [1.165, 1.54) is 6.21 Å². The first-order valence-electron chi connectivity index (χ1n) is 10.2. The van der Waals surface area contributed by atoms with Crippen molar-refractivity contribution in [3.8, 4) is 5.75 Å². The standard InChI is InChI=1S/C25H23Cl2N3O3/c1-17-2-9-21(14-23(17)27)29-24(31)12-13-25(32)30-28-15-18-5-10-22(11-6-18)33-16-19-3-7-20(26)8-4-19/h2-11,14-15H,12-13,16H2,1H3,(H,29,31)(H,30,32). The summed E-state index contributed by atoms with van der Waals surface area (Å²) in [5.41, 5.74) is 5.75. The van der Waals surface area contributed by atoms with Crippen LogP contribution < -0.4 is 15.5 Å². The molecule has 0 fully saturated rings. The zero-order valence-corrected chi connectivity index (χ0v) is 19.5. The monoisotopic (exact) mass is 483 g/mol. The fourth-order valence-electron chi connectivity index (χ4n) is 2.75. The second-order valence-electron chi connectivity index (χ2n) is 7.29. The number of amides is 2. The lowest BCUT2D eigenvalue weighted by Crippen LogP contribution is -2.20. The average molecular weight is 484 g/mol. The maximum Gasteiger partial charge on any atom is 0.240 e. The van der Waals surface area contributed by atoms with Crippen LogP contribution in [0.5, 0.6) is 5.75 Å². The predicted molar refractivity (Wildman–Crippen MR) is 132 cm³/mol. The van der Waals surface area contributed by atoms with Crippen LogP contribution in [0.3, 0.4) is 0 Å². The van der Waals surface area contributed by atoms with E-state index in [1.807, 2.05) is 61.5 Å². The van der Waals surface area contributed by atoms with Crippen LogP contribution in [0.25, 0.3) is 0 Å². The quantitative estimate of drug-likeness (QED) is 0.300. The van der Waals surface area contributed by atoms with E-state index < -0.39 is 0 Å². The van der Waals surface area contributed by atoms with E-state index in [0.717, 1.165) is 16.7 Å². The molecule has 3 rings (SSSR count). The lowest BCUT2D eigenvalue weighted by Gasteiger charge is -2.07. The number of hydrogen-bond acceptors (Lipinski definition) is 4. The third kappa shape index (κ3) is 8.25. The van der Waals surface area contributed by atoms with E-state index in [0.29, 0.717) is 28.1 Å². The van der Waals surface area contributed by atoms with Crippen molar-refractivity contribution in [1.82, 2.24) is 5.43 Å². The number of nitrogens with zero attached hydrogens (tertiary/aromatic N) is 1. The van der Waals surface area contributed by atoms with Crippen LogP contribution in [0.1, 0.15) is 29.5 Å². The van der Waals surface area contributed by atoms with Gasteiger partial charge < -0.3 is 10.1 Å². The zero-order valence-electron chi connectivity index (χ0n) is 18.0. The van der Waals surface area contributed by atoms with Crippen molar-refractivity contribution in [2.75, 3.05) is 5.32 Å². The van der Waals surface area contributed by atoms with Crippen molar-refractivity contribution in [2.24, 2.45) is 5.10 Å². The zero-order chi connectivity index (χ0) is 23.6. The first-order valence-corrected chi connectivity index (χ1v) is 11.0. The van der Waals surface area contributed by atoms with Gasteiger partial charge in [-0.3, -0.25) is 9.59 Å². The van der Waals surface area contributed by atoms with E-state index in [4.69, 9.17) is 27.9 Å². The fourth-order valence-corrected chi connectivity index (χ4v) is 3.06. The Morgan fingerprint density at radius 1 is 0.939 bits per heavy atom. The number of hydrogen-bond donors (Lipinski definition) is 2. The maximum atomic E-state index is 12.0. The molecule has 170 valence electrons. The molecule has 0 spiro atoms. The second kappa shape index (κ2) is 12.0. The molecule has 0 aromatic heterocycles. The van der Waals surface area contributed by atoms with E-state index in [1.54, 1.807) is 12.1 Å². The summed E-state index contributed by atoms with van der Waals surface area (Å²) < 4.78 is 5.74. The maximum absolute atomic E-state index is 12.0. The highest BCUT2D eigenvalue weighted by Gasteiger charge is 2.07. The molecular formula is C25H23Cl2N3O3. The molecule has 0 saturated carbocycles. The van der Waals surface area contributed by atoms with Gasteiger partial charge in [-0.1, -0.05) is 41.4 Å². The Morgan fingerprint density at radius 3 is 2.33 bits per heavy atom. The van der Waals surface area contributed by atoms with Gasteiger partial charge in [-0.05, 0) is 72.1 Å². The molecule has 8 heteroatoms. The van der Waals surface area contributed by atoms with Crippen LogP contribution in [-0.4, -0.2) is 18.0 Å². The van der Waals surface area contributed by atoms with E-state index in [2.05, 4.69) is 15.8 Å². The molecule has 0 bridgehead atoms. The van der Waals surface area contributed by atoms with Gasteiger partial charge in [0.25, 0.3) is 0 Å². The summed E-state index contributed by atoms with van der Waals surface area (Å²) in [4.78, 5) is 23.9. The second-order valence-corrected chi connectivity index (χ2v) is 8.13. The molecule has 3 aromatic carbocycles. The third-order valence-electron chi connectivity index (χ3n) is 4.64. The predicted octanol–water partition coefficient (Wildman–Crippen LogP) is 5.75. The van der Waals surface area contributed by atoms with Crippen molar-refractivity contribution in [1.29, 1.82) is 0 Å². The summed E-state index contributed by atoms with van der Waals surface area (Å²) in [6.45, 7) is 2.31. The minimum absolute atomic E-state index is 0.0141. The highest BCUT2D eigenvalue weighted by atomic mass is 35.5. The first-order chi connectivity index (χ1) is 15.9. The third-order valence-corrected chi connectivity index (χ3v) is 5.30. The van der Waals surface area contributed by atoms with Crippen molar-refractivity contribution < 1.29 is 14.3 Å². The molecule has 0 aliphatic carbocycles. The highest BCUT2D eigenvalue weighted by Crippen LogP contribution is 2.20. The summed E-state index contributed by atoms with van der Waals surface area (Å²) in [6.07, 6.45) is 1.57. The highest BCUT2D eigenvalue weighted by molar-refractivity contribution is 6.31. The average Bonchev–Trinajstić information content (AvgIpc) is 2.81. The largest absolute Gasteiger partial charge is 0.489 e. The van der Waals surface area contributed by atoms with Crippen molar-refractivity contribution in [3.63, 3.8) is 0 Å². The Kier molecular flexibility index (Phi) is 8.87. The molecule has 3 aromatic rings. The lowest BCUT2D eigenvalue weighted by atomic mass is 10.2. The Hall–Kier alpha value is -3.35. The molecule has 0 atom stereocenters. The van der Waals surface area contributed by atoms with Gasteiger partial charge in [-0.2, -0.15) is 5.10 Å². The van der Waals surface area contributed by atoms with Crippen LogP contribution in [0.2, 0.25) is 10.0 Å². The SMILES string of the molecule is Cc1ccc(NC(=O)CCC(=O)NN=Cc2ccc(OCc3ccc(Cl)cc3)cc2)cc1Cl. The Bertz CT molecular complexity index is 1130. The van der Waals surface area contributed by atoms with Gasteiger partial charge in [0.05, 0.1) is 6.21 Å². The van der Waals surface area contributed by atoms with Crippen molar-refractivity contribution in [2.45, 2.75) is 26.4 Å². The van der Waals surface area contributed by atoms with Gasteiger partial charge in [0.2, 0.25) is 11.8 Å². The first kappa shape index (κ1) is 24.3. The number of halogens is 2. The van der Waals surface area contributed by atoms with Crippen molar-refractivity contribution >= 4 is 46.9 Å². The number of aryl methyl sites for hydroxylation is 1. The Labute approximate surface area is 202 Å².